The van der Waals surface area contributed by atoms with Crippen LogP contribution in [-0.4, -0.2) is 30.1 Å². The van der Waals surface area contributed by atoms with Gasteiger partial charge in [-0.3, -0.25) is 4.90 Å². The molecule has 0 spiro atoms. The Hall–Kier alpha value is -0.570. The fourth-order valence-corrected chi connectivity index (χ4v) is 3.80. The number of rotatable bonds is 7. The van der Waals surface area contributed by atoms with Gasteiger partial charge in [0.15, 0.2) is 0 Å². The van der Waals surface area contributed by atoms with Gasteiger partial charge < -0.3 is 5.32 Å². The molecule has 0 aromatic heterocycles. The summed E-state index contributed by atoms with van der Waals surface area (Å²) in [6, 6.07) is 10.2. The molecule has 0 amide bonds. The molecule has 1 N–H and O–H groups in total. The van der Waals surface area contributed by atoms with Crippen molar-refractivity contribution in [3.05, 3.63) is 34.9 Å². The Morgan fingerprint density at radius 3 is 2.81 bits per heavy atom. The van der Waals surface area contributed by atoms with E-state index in [-0.39, 0.29) is 0 Å². The van der Waals surface area contributed by atoms with Gasteiger partial charge in [0.2, 0.25) is 0 Å². The molecule has 1 aromatic rings. The van der Waals surface area contributed by atoms with Crippen molar-refractivity contribution in [3.63, 3.8) is 0 Å². The van der Waals surface area contributed by atoms with Gasteiger partial charge in [0.25, 0.3) is 0 Å². The summed E-state index contributed by atoms with van der Waals surface area (Å²) in [5, 5.41) is 4.44. The molecule has 1 aliphatic heterocycles. The summed E-state index contributed by atoms with van der Waals surface area (Å²) in [5.74, 6) is 0. The highest BCUT2D eigenvalue weighted by Crippen LogP contribution is 2.28. The molecule has 1 aromatic carbocycles. The fraction of sp³-hybridized carbons (Fsp3) is 0.667. The van der Waals surface area contributed by atoms with Crippen LogP contribution in [-0.2, 0) is 0 Å². The average molecular weight is 309 g/mol. The molecule has 0 aliphatic carbocycles. The van der Waals surface area contributed by atoms with Crippen LogP contribution < -0.4 is 5.32 Å². The molecule has 1 fully saturated rings. The maximum Gasteiger partial charge on any atom is 0.0409 e. The Morgan fingerprint density at radius 1 is 1.33 bits per heavy atom. The fourth-order valence-electron chi connectivity index (χ4n) is 3.60. The van der Waals surface area contributed by atoms with Crippen molar-refractivity contribution in [2.45, 2.75) is 64.6 Å². The van der Waals surface area contributed by atoms with E-state index >= 15 is 0 Å². The Bertz CT molecular complexity index is 435. The van der Waals surface area contributed by atoms with Gasteiger partial charge in [0, 0.05) is 29.7 Å². The first-order chi connectivity index (χ1) is 10.2. The second kappa shape index (κ2) is 8.17. The molecule has 1 heterocycles. The molecular formula is C18H29ClN2. The Labute approximate surface area is 134 Å². The third kappa shape index (κ3) is 4.45. The molecule has 3 heteroatoms. The molecule has 3 atom stereocenters. The van der Waals surface area contributed by atoms with E-state index in [1.807, 2.05) is 6.07 Å². The number of likely N-dealkylation sites (tertiary alicyclic amines) is 1. The Balaban J connectivity index is 2.00. The summed E-state index contributed by atoms with van der Waals surface area (Å²) in [4.78, 5) is 2.70. The van der Waals surface area contributed by atoms with Crippen LogP contribution in [0.3, 0.4) is 0 Å². The number of halogens is 1. The van der Waals surface area contributed by atoms with Crippen molar-refractivity contribution < 1.29 is 0 Å². The van der Waals surface area contributed by atoms with Gasteiger partial charge in [0.1, 0.15) is 0 Å². The predicted molar refractivity (Wildman–Crippen MR) is 92.0 cm³/mol. The van der Waals surface area contributed by atoms with E-state index in [1.165, 1.54) is 31.4 Å². The Kier molecular flexibility index (Phi) is 6.53. The number of benzene rings is 1. The SMILES string of the molecule is CCNC(CCN1C(C)CCC1CC)c1cccc(Cl)c1. The highest BCUT2D eigenvalue weighted by Gasteiger charge is 2.29. The number of nitrogens with zero attached hydrogens (tertiary/aromatic N) is 1. The second-order valence-electron chi connectivity index (χ2n) is 6.18. The molecule has 0 bridgehead atoms. The monoisotopic (exact) mass is 308 g/mol. The quantitative estimate of drug-likeness (QED) is 0.789. The molecule has 21 heavy (non-hydrogen) atoms. The average Bonchev–Trinajstić information content (AvgIpc) is 2.84. The van der Waals surface area contributed by atoms with Gasteiger partial charge in [-0.1, -0.05) is 37.6 Å². The van der Waals surface area contributed by atoms with E-state index < -0.39 is 0 Å². The lowest BCUT2D eigenvalue weighted by atomic mass is 10.0. The third-order valence-corrected chi connectivity index (χ3v) is 5.04. The summed E-state index contributed by atoms with van der Waals surface area (Å²) in [6.07, 6.45) is 5.13. The van der Waals surface area contributed by atoms with Gasteiger partial charge in [-0.2, -0.15) is 0 Å². The van der Waals surface area contributed by atoms with Gasteiger partial charge in [0.05, 0.1) is 0 Å². The lowest BCUT2D eigenvalue weighted by molar-refractivity contribution is 0.188. The van der Waals surface area contributed by atoms with Crippen LogP contribution in [0.1, 0.15) is 58.1 Å². The van der Waals surface area contributed by atoms with Crippen LogP contribution in [0.15, 0.2) is 24.3 Å². The summed E-state index contributed by atoms with van der Waals surface area (Å²) < 4.78 is 0. The Morgan fingerprint density at radius 2 is 2.14 bits per heavy atom. The zero-order valence-electron chi connectivity index (χ0n) is 13.6. The smallest absolute Gasteiger partial charge is 0.0409 e. The first kappa shape index (κ1) is 16.8. The normalized spacial score (nSPS) is 24.4. The maximum atomic E-state index is 6.15. The van der Waals surface area contributed by atoms with Crippen LogP contribution in [0.25, 0.3) is 0 Å². The first-order valence-electron chi connectivity index (χ1n) is 8.40. The number of nitrogens with one attached hydrogen (secondary N) is 1. The first-order valence-corrected chi connectivity index (χ1v) is 8.78. The standard InChI is InChI=1S/C18H29ClN2/c1-4-17-10-9-14(3)21(17)12-11-18(20-5-2)15-7-6-8-16(19)13-15/h6-8,13-14,17-18,20H,4-5,9-12H2,1-3H3. The molecule has 2 rings (SSSR count). The summed E-state index contributed by atoms with van der Waals surface area (Å²) in [6.45, 7) is 9.02. The molecule has 3 unspecified atom stereocenters. The van der Waals surface area contributed by atoms with Crippen molar-refractivity contribution in [2.24, 2.45) is 0 Å². The van der Waals surface area contributed by atoms with Crippen molar-refractivity contribution >= 4 is 11.6 Å². The van der Waals surface area contributed by atoms with Gasteiger partial charge in [-0.05, 0) is 56.8 Å². The zero-order chi connectivity index (χ0) is 15.2. The minimum absolute atomic E-state index is 0.402. The van der Waals surface area contributed by atoms with Crippen molar-refractivity contribution in [1.29, 1.82) is 0 Å². The molecular weight excluding hydrogens is 280 g/mol. The van der Waals surface area contributed by atoms with Crippen LogP contribution in [0.4, 0.5) is 0 Å². The number of hydrogen-bond acceptors (Lipinski definition) is 2. The van der Waals surface area contributed by atoms with Crippen LogP contribution in [0.2, 0.25) is 5.02 Å². The molecule has 2 nitrogen and oxygen atoms in total. The second-order valence-corrected chi connectivity index (χ2v) is 6.62. The van der Waals surface area contributed by atoms with E-state index in [0.29, 0.717) is 6.04 Å². The highest BCUT2D eigenvalue weighted by atomic mass is 35.5. The van der Waals surface area contributed by atoms with E-state index in [9.17, 15) is 0 Å². The van der Waals surface area contributed by atoms with Crippen LogP contribution >= 0.6 is 11.6 Å². The van der Waals surface area contributed by atoms with Gasteiger partial charge in [-0.25, -0.2) is 0 Å². The number of hydrogen-bond donors (Lipinski definition) is 1. The van der Waals surface area contributed by atoms with E-state index in [2.05, 4.69) is 49.2 Å². The van der Waals surface area contributed by atoms with E-state index in [4.69, 9.17) is 11.6 Å². The topological polar surface area (TPSA) is 15.3 Å². The maximum absolute atomic E-state index is 6.15. The minimum atomic E-state index is 0.402. The lowest BCUT2D eigenvalue weighted by Crippen LogP contribution is -2.37. The minimum Gasteiger partial charge on any atom is -0.310 e. The zero-order valence-corrected chi connectivity index (χ0v) is 14.4. The third-order valence-electron chi connectivity index (χ3n) is 4.80. The van der Waals surface area contributed by atoms with Gasteiger partial charge >= 0.3 is 0 Å². The van der Waals surface area contributed by atoms with Crippen molar-refractivity contribution in [2.75, 3.05) is 13.1 Å². The predicted octanol–water partition coefficient (Wildman–Crippen LogP) is 4.64. The van der Waals surface area contributed by atoms with Crippen molar-refractivity contribution in [3.8, 4) is 0 Å². The lowest BCUT2D eigenvalue weighted by Gasteiger charge is -2.30. The molecule has 0 radical (unpaired) electrons. The van der Waals surface area contributed by atoms with Crippen molar-refractivity contribution in [1.82, 2.24) is 10.2 Å². The summed E-state index contributed by atoms with van der Waals surface area (Å²) in [7, 11) is 0. The highest BCUT2D eigenvalue weighted by molar-refractivity contribution is 6.30. The molecule has 0 saturated carbocycles. The summed E-state index contributed by atoms with van der Waals surface area (Å²) >= 11 is 6.15. The summed E-state index contributed by atoms with van der Waals surface area (Å²) in [5.41, 5.74) is 1.31. The van der Waals surface area contributed by atoms with Crippen LogP contribution in [0, 0.1) is 0 Å². The van der Waals surface area contributed by atoms with Crippen LogP contribution in [0.5, 0.6) is 0 Å². The van der Waals surface area contributed by atoms with E-state index in [1.54, 1.807) is 0 Å². The molecule has 1 saturated heterocycles. The van der Waals surface area contributed by atoms with E-state index in [0.717, 1.165) is 30.1 Å². The molecule has 118 valence electrons. The van der Waals surface area contributed by atoms with Gasteiger partial charge in [-0.15, -0.1) is 0 Å². The largest absolute Gasteiger partial charge is 0.310 e. The molecule has 1 aliphatic rings.